The summed E-state index contributed by atoms with van der Waals surface area (Å²) in [5.41, 5.74) is 0.485. The number of hydrogen-bond donors (Lipinski definition) is 1. The van der Waals surface area contributed by atoms with Crippen LogP contribution in [0.2, 0.25) is 0 Å². The first-order valence-corrected chi connectivity index (χ1v) is 6.43. The topological polar surface area (TPSA) is 79.2 Å². The van der Waals surface area contributed by atoms with E-state index in [2.05, 4.69) is 10.1 Å². The minimum absolute atomic E-state index is 0.00147. The number of thioether (sulfide) groups is 1. The molecule has 1 rings (SSSR count). The van der Waals surface area contributed by atoms with Gasteiger partial charge in [0.25, 0.3) is 0 Å². The van der Waals surface area contributed by atoms with Crippen LogP contribution in [0, 0.1) is 17.1 Å². The van der Waals surface area contributed by atoms with Crippen LogP contribution in [0.3, 0.4) is 0 Å². The molecule has 0 atom stereocenters. The highest BCUT2D eigenvalue weighted by atomic mass is 32.2. The monoisotopic (exact) mass is 282 g/mol. The molecule has 0 bridgehead atoms. The van der Waals surface area contributed by atoms with Gasteiger partial charge in [-0.05, 0) is 24.3 Å². The molecule has 0 spiro atoms. The standard InChI is InChI=1S/C12H11FN2O3S/c13-9-1-3-10(4-2-9)15-11(16)7-19-8-12(17)18-6-5-14/h1-4H,6-8H2,(H,15,16). The predicted molar refractivity (Wildman–Crippen MR) is 68.9 cm³/mol. The third-order valence-electron chi connectivity index (χ3n) is 1.88. The largest absolute Gasteiger partial charge is 0.450 e. The third-order valence-corrected chi connectivity index (χ3v) is 2.78. The summed E-state index contributed by atoms with van der Waals surface area (Å²) < 4.78 is 17.1. The molecule has 0 fully saturated rings. The van der Waals surface area contributed by atoms with E-state index in [1.165, 1.54) is 24.3 Å². The number of rotatable bonds is 6. The molecular weight excluding hydrogens is 271 g/mol. The molecule has 1 aromatic carbocycles. The van der Waals surface area contributed by atoms with Crippen LogP contribution in [0.5, 0.6) is 0 Å². The molecular formula is C12H11FN2O3S. The van der Waals surface area contributed by atoms with Gasteiger partial charge in [-0.25, -0.2) is 4.39 Å². The molecule has 1 N–H and O–H groups in total. The summed E-state index contributed by atoms with van der Waals surface area (Å²) >= 11 is 1.07. The Balaban J connectivity index is 2.23. The van der Waals surface area contributed by atoms with E-state index < -0.39 is 5.97 Å². The van der Waals surface area contributed by atoms with E-state index in [1.807, 2.05) is 0 Å². The zero-order chi connectivity index (χ0) is 14.1. The van der Waals surface area contributed by atoms with Gasteiger partial charge in [0.15, 0.2) is 6.61 Å². The number of nitrogens with zero attached hydrogens (tertiary/aromatic N) is 1. The lowest BCUT2D eigenvalue weighted by Crippen LogP contribution is -2.16. The molecule has 0 unspecified atom stereocenters. The zero-order valence-electron chi connectivity index (χ0n) is 9.89. The summed E-state index contributed by atoms with van der Waals surface area (Å²) in [6, 6.07) is 7.04. The SMILES string of the molecule is N#CCOC(=O)CSCC(=O)Nc1ccc(F)cc1. The van der Waals surface area contributed by atoms with Crippen LogP contribution < -0.4 is 5.32 Å². The smallest absolute Gasteiger partial charge is 0.316 e. The molecule has 19 heavy (non-hydrogen) atoms. The van der Waals surface area contributed by atoms with Crippen LogP contribution in [-0.2, 0) is 14.3 Å². The summed E-state index contributed by atoms with van der Waals surface area (Å²) in [6.45, 7) is -0.291. The van der Waals surface area contributed by atoms with E-state index in [1.54, 1.807) is 6.07 Å². The van der Waals surface area contributed by atoms with Gasteiger partial charge >= 0.3 is 5.97 Å². The van der Waals surface area contributed by atoms with Gasteiger partial charge in [-0.2, -0.15) is 5.26 Å². The number of carbonyl (C=O) groups excluding carboxylic acids is 2. The van der Waals surface area contributed by atoms with Gasteiger partial charge in [0.1, 0.15) is 11.9 Å². The Morgan fingerprint density at radius 1 is 1.32 bits per heavy atom. The van der Waals surface area contributed by atoms with Crippen molar-refractivity contribution in [2.24, 2.45) is 0 Å². The van der Waals surface area contributed by atoms with E-state index in [-0.39, 0.29) is 29.8 Å². The van der Waals surface area contributed by atoms with Crippen LogP contribution in [0.15, 0.2) is 24.3 Å². The van der Waals surface area contributed by atoms with Crippen molar-refractivity contribution in [1.82, 2.24) is 0 Å². The van der Waals surface area contributed by atoms with Crippen LogP contribution in [0.25, 0.3) is 0 Å². The van der Waals surface area contributed by atoms with Gasteiger partial charge in [-0.15, -0.1) is 11.8 Å². The lowest BCUT2D eigenvalue weighted by Gasteiger charge is -2.04. The fraction of sp³-hybridized carbons (Fsp3) is 0.250. The van der Waals surface area contributed by atoms with E-state index in [9.17, 15) is 14.0 Å². The second kappa shape index (κ2) is 8.11. The minimum atomic E-state index is -0.541. The quantitative estimate of drug-likeness (QED) is 0.801. The average Bonchev–Trinajstić information content (AvgIpc) is 2.39. The number of amides is 1. The summed E-state index contributed by atoms with van der Waals surface area (Å²) in [5, 5.41) is 10.7. The van der Waals surface area contributed by atoms with Crippen LogP contribution in [-0.4, -0.2) is 30.0 Å². The van der Waals surface area contributed by atoms with E-state index in [0.717, 1.165) is 11.8 Å². The molecule has 0 saturated carbocycles. The zero-order valence-corrected chi connectivity index (χ0v) is 10.7. The van der Waals surface area contributed by atoms with Crippen molar-refractivity contribution in [1.29, 1.82) is 5.26 Å². The Morgan fingerprint density at radius 2 is 2.00 bits per heavy atom. The second-order valence-corrected chi connectivity index (χ2v) is 4.35. The van der Waals surface area contributed by atoms with Gasteiger partial charge in [0, 0.05) is 5.69 Å². The summed E-state index contributed by atoms with van der Waals surface area (Å²) in [6.07, 6.45) is 0. The molecule has 0 heterocycles. The van der Waals surface area contributed by atoms with Crippen molar-refractivity contribution in [2.45, 2.75) is 0 Å². The molecule has 1 aromatic rings. The van der Waals surface area contributed by atoms with Crippen LogP contribution in [0.4, 0.5) is 10.1 Å². The summed E-state index contributed by atoms with van der Waals surface area (Å²) in [4.78, 5) is 22.5. The summed E-state index contributed by atoms with van der Waals surface area (Å²) in [7, 11) is 0. The number of hydrogen-bond acceptors (Lipinski definition) is 5. The van der Waals surface area contributed by atoms with Crippen molar-refractivity contribution in [2.75, 3.05) is 23.4 Å². The van der Waals surface area contributed by atoms with Crippen molar-refractivity contribution < 1.29 is 18.7 Å². The molecule has 0 aliphatic rings. The van der Waals surface area contributed by atoms with Crippen molar-refractivity contribution in [3.8, 4) is 6.07 Å². The van der Waals surface area contributed by atoms with Gasteiger partial charge in [-0.3, -0.25) is 9.59 Å². The highest BCUT2D eigenvalue weighted by molar-refractivity contribution is 8.00. The summed E-state index contributed by atoms with van der Waals surface area (Å²) in [5.74, 6) is -1.16. The Hall–Kier alpha value is -2.07. The number of anilines is 1. The maximum Gasteiger partial charge on any atom is 0.316 e. The molecule has 0 saturated heterocycles. The van der Waals surface area contributed by atoms with Gasteiger partial charge in [0.2, 0.25) is 5.91 Å². The lowest BCUT2D eigenvalue weighted by molar-refractivity contribution is -0.139. The number of benzene rings is 1. The Morgan fingerprint density at radius 3 is 2.63 bits per heavy atom. The lowest BCUT2D eigenvalue weighted by atomic mass is 10.3. The second-order valence-electron chi connectivity index (χ2n) is 3.37. The van der Waals surface area contributed by atoms with Crippen molar-refractivity contribution in [3.05, 3.63) is 30.1 Å². The molecule has 7 heteroatoms. The van der Waals surface area contributed by atoms with Gasteiger partial charge in [0.05, 0.1) is 11.5 Å². The predicted octanol–water partition coefficient (Wildman–Crippen LogP) is 1.56. The molecule has 0 aromatic heterocycles. The minimum Gasteiger partial charge on any atom is -0.450 e. The third kappa shape index (κ3) is 6.43. The van der Waals surface area contributed by atoms with E-state index >= 15 is 0 Å². The number of esters is 1. The molecule has 0 radical (unpaired) electrons. The van der Waals surface area contributed by atoms with Gasteiger partial charge < -0.3 is 10.1 Å². The Kier molecular flexibility index (Phi) is 6.39. The molecule has 0 aliphatic carbocycles. The molecule has 0 aliphatic heterocycles. The number of nitriles is 1. The van der Waals surface area contributed by atoms with Crippen molar-refractivity contribution >= 4 is 29.3 Å². The highest BCUT2D eigenvalue weighted by Gasteiger charge is 2.06. The normalized spacial score (nSPS) is 9.47. The maximum atomic E-state index is 12.6. The van der Waals surface area contributed by atoms with E-state index in [4.69, 9.17) is 5.26 Å². The fourth-order valence-electron chi connectivity index (χ4n) is 1.11. The first kappa shape index (κ1) is 15.0. The maximum absolute atomic E-state index is 12.6. The number of halogens is 1. The molecule has 5 nitrogen and oxygen atoms in total. The number of ether oxygens (including phenoxy) is 1. The average molecular weight is 282 g/mol. The van der Waals surface area contributed by atoms with Gasteiger partial charge in [-0.1, -0.05) is 0 Å². The molecule has 1 amide bonds. The first-order valence-electron chi connectivity index (χ1n) is 5.27. The fourth-order valence-corrected chi connectivity index (χ4v) is 1.72. The highest BCUT2D eigenvalue weighted by Crippen LogP contribution is 2.09. The first-order chi connectivity index (χ1) is 9.11. The van der Waals surface area contributed by atoms with E-state index in [0.29, 0.717) is 5.69 Å². The Bertz CT molecular complexity index is 485. The van der Waals surface area contributed by atoms with Crippen LogP contribution >= 0.6 is 11.8 Å². The number of carbonyl (C=O) groups is 2. The number of nitrogens with one attached hydrogen (secondary N) is 1. The van der Waals surface area contributed by atoms with Crippen LogP contribution in [0.1, 0.15) is 0 Å². The Labute approximate surface area is 113 Å². The molecule has 100 valence electrons. The van der Waals surface area contributed by atoms with Crippen molar-refractivity contribution in [3.63, 3.8) is 0 Å².